The molecule has 0 saturated carbocycles. The van der Waals surface area contributed by atoms with Crippen molar-refractivity contribution in [2.24, 2.45) is 0 Å². The average Bonchev–Trinajstić information content (AvgIpc) is 3.11. The fraction of sp³-hybridized carbons (Fsp3) is 0.500. The molecular weight excluding hydrogens is 364 g/mol. The Morgan fingerprint density at radius 1 is 1.24 bits per heavy atom. The number of nitrogen functional groups attached to an aromatic ring is 1. The van der Waals surface area contributed by atoms with Crippen molar-refractivity contribution in [2.45, 2.75) is 59.0 Å². The molecule has 0 aliphatic carbocycles. The van der Waals surface area contributed by atoms with Gasteiger partial charge in [0.25, 0.3) is 0 Å². The summed E-state index contributed by atoms with van der Waals surface area (Å²) in [4.78, 5) is 11.2. The third-order valence-corrected chi connectivity index (χ3v) is 5.60. The van der Waals surface area contributed by atoms with Gasteiger partial charge < -0.3 is 10.5 Å². The van der Waals surface area contributed by atoms with Gasteiger partial charge in [-0.25, -0.2) is 9.50 Å². The van der Waals surface area contributed by atoms with E-state index < -0.39 is 0 Å². The summed E-state index contributed by atoms with van der Waals surface area (Å²) in [6.07, 6.45) is 5.70. The van der Waals surface area contributed by atoms with Crippen LogP contribution in [0.2, 0.25) is 0 Å². The molecule has 2 aromatic heterocycles. The molecule has 1 aliphatic rings. The fourth-order valence-electron chi connectivity index (χ4n) is 3.81. The topological polar surface area (TPSA) is 81.6 Å². The number of aromatic nitrogens is 4. The van der Waals surface area contributed by atoms with E-state index in [-0.39, 0.29) is 0 Å². The zero-order valence-corrected chi connectivity index (χ0v) is 17.6. The number of imidazole rings is 1. The van der Waals surface area contributed by atoms with Gasteiger partial charge in [-0.15, -0.1) is 5.10 Å². The largest absolute Gasteiger partial charge is 0.462 e. The predicted molar refractivity (Wildman–Crippen MR) is 114 cm³/mol. The molecule has 29 heavy (non-hydrogen) atoms. The van der Waals surface area contributed by atoms with E-state index in [1.165, 1.54) is 16.7 Å². The lowest BCUT2D eigenvalue weighted by molar-refractivity contribution is 0.203. The second kappa shape index (κ2) is 8.37. The second-order valence-electron chi connectivity index (χ2n) is 8.06. The first kappa shape index (κ1) is 19.6. The molecule has 0 saturated heterocycles. The van der Waals surface area contributed by atoms with Gasteiger partial charge in [0.1, 0.15) is 0 Å². The second-order valence-corrected chi connectivity index (χ2v) is 8.06. The van der Waals surface area contributed by atoms with Crippen LogP contribution < -0.4 is 10.5 Å². The van der Waals surface area contributed by atoms with Crippen molar-refractivity contribution in [3.05, 3.63) is 46.8 Å². The highest BCUT2D eigenvalue weighted by molar-refractivity contribution is 5.59. The summed E-state index contributed by atoms with van der Waals surface area (Å²) in [7, 11) is 0. The average molecular weight is 395 g/mol. The van der Waals surface area contributed by atoms with Crippen LogP contribution in [0.3, 0.4) is 0 Å². The first-order chi connectivity index (χ1) is 14.0. The molecule has 7 nitrogen and oxygen atoms in total. The van der Waals surface area contributed by atoms with Crippen molar-refractivity contribution in [3.8, 4) is 6.01 Å². The zero-order chi connectivity index (χ0) is 20.4. The number of nitrogens with zero attached hydrogens (tertiary/aromatic N) is 5. The molecular formula is C22H30N6O. The van der Waals surface area contributed by atoms with E-state index in [1.807, 2.05) is 6.20 Å². The Kier molecular flexibility index (Phi) is 5.67. The van der Waals surface area contributed by atoms with Gasteiger partial charge in [0.05, 0.1) is 18.5 Å². The van der Waals surface area contributed by atoms with E-state index in [4.69, 9.17) is 10.5 Å². The van der Waals surface area contributed by atoms with Gasteiger partial charge in [0.15, 0.2) is 11.5 Å². The van der Waals surface area contributed by atoms with E-state index in [9.17, 15) is 0 Å². The standard InChI is InChI=1S/C22H30N6O/c1-4-5-10-29-22-25-20(23)21-24-13-19(28(21)26-22)12-16-6-7-17-8-9-27(15(2)3)14-18(17)11-16/h6-7,11,13,15H,4-5,8-10,12,14H2,1-3H3,(H2,23,25,26). The minimum Gasteiger partial charge on any atom is -0.462 e. The summed E-state index contributed by atoms with van der Waals surface area (Å²) in [5.74, 6) is 0.343. The Hall–Kier alpha value is -2.67. The summed E-state index contributed by atoms with van der Waals surface area (Å²) < 4.78 is 7.43. The number of unbranched alkanes of at least 4 members (excludes halogenated alkanes) is 1. The maximum absolute atomic E-state index is 6.08. The van der Waals surface area contributed by atoms with Crippen LogP contribution in [-0.4, -0.2) is 43.7 Å². The molecule has 0 atom stereocenters. The van der Waals surface area contributed by atoms with Crippen LogP contribution in [0, 0.1) is 0 Å². The monoisotopic (exact) mass is 394 g/mol. The van der Waals surface area contributed by atoms with Gasteiger partial charge in [-0.1, -0.05) is 31.5 Å². The molecule has 1 aromatic carbocycles. The number of hydrogen-bond donors (Lipinski definition) is 1. The maximum atomic E-state index is 6.08. The van der Waals surface area contributed by atoms with Gasteiger partial charge in [0, 0.05) is 25.6 Å². The zero-order valence-electron chi connectivity index (χ0n) is 17.6. The third-order valence-electron chi connectivity index (χ3n) is 5.60. The molecule has 7 heteroatoms. The van der Waals surface area contributed by atoms with Gasteiger partial charge in [0.2, 0.25) is 0 Å². The van der Waals surface area contributed by atoms with E-state index >= 15 is 0 Å². The van der Waals surface area contributed by atoms with Crippen LogP contribution >= 0.6 is 0 Å². The van der Waals surface area contributed by atoms with Gasteiger partial charge in [-0.05, 0) is 43.4 Å². The van der Waals surface area contributed by atoms with Crippen LogP contribution in [0.25, 0.3) is 5.65 Å². The highest BCUT2D eigenvalue weighted by atomic mass is 16.5. The lowest BCUT2D eigenvalue weighted by atomic mass is 9.95. The molecule has 3 aromatic rings. The van der Waals surface area contributed by atoms with E-state index in [0.717, 1.165) is 44.5 Å². The molecule has 3 heterocycles. The maximum Gasteiger partial charge on any atom is 0.336 e. The number of benzene rings is 1. The van der Waals surface area contributed by atoms with Crippen molar-refractivity contribution in [1.29, 1.82) is 0 Å². The minimum absolute atomic E-state index is 0.306. The first-order valence-corrected chi connectivity index (χ1v) is 10.5. The quantitative estimate of drug-likeness (QED) is 0.620. The van der Waals surface area contributed by atoms with Crippen LogP contribution in [0.5, 0.6) is 6.01 Å². The van der Waals surface area contributed by atoms with E-state index in [1.54, 1.807) is 4.52 Å². The fourth-order valence-corrected chi connectivity index (χ4v) is 3.81. The summed E-state index contributed by atoms with van der Waals surface area (Å²) >= 11 is 0. The van der Waals surface area contributed by atoms with Gasteiger partial charge in [-0.3, -0.25) is 4.90 Å². The summed E-state index contributed by atoms with van der Waals surface area (Å²) in [6.45, 7) is 9.37. The molecule has 4 rings (SSSR count). The lowest BCUT2D eigenvalue weighted by Gasteiger charge is -2.32. The molecule has 0 amide bonds. The Balaban J connectivity index is 1.59. The Morgan fingerprint density at radius 2 is 2.10 bits per heavy atom. The SMILES string of the molecule is CCCCOc1nc(N)c2ncc(Cc3ccc4c(c3)CN(C(C)C)CC4)n2n1. The van der Waals surface area contributed by atoms with Crippen LogP contribution in [0.15, 0.2) is 24.4 Å². The van der Waals surface area contributed by atoms with Gasteiger partial charge >= 0.3 is 6.01 Å². The molecule has 1 aliphatic heterocycles. The van der Waals surface area contributed by atoms with E-state index in [0.29, 0.717) is 30.1 Å². The number of rotatable bonds is 7. The smallest absolute Gasteiger partial charge is 0.336 e. The minimum atomic E-state index is 0.306. The van der Waals surface area contributed by atoms with E-state index in [2.05, 4.69) is 58.9 Å². The Morgan fingerprint density at radius 3 is 2.90 bits per heavy atom. The number of anilines is 1. The molecule has 2 N–H and O–H groups in total. The summed E-state index contributed by atoms with van der Waals surface area (Å²) in [6, 6.07) is 7.68. The summed E-state index contributed by atoms with van der Waals surface area (Å²) in [5, 5.41) is 4.52. The van der Waals surface area contributed by atoms with Crippen molar-refractivity contribution in [1.82, 2.24) is 24.5 Å². The van der Waals surface area contributed by atoms with Crippen LogP contribution in [-0.2, 0) is 19.4 Å². The highest BCUT2D eigenvalue weighted by Crippen LogP contribution is 2.24. The molecule has 0 spiro atoms. The normalized spacial score (nSPS) is 14.5. The lowest BCUT2D eigenvalue weighted by Crippen LogP contribution is -2.35. The van der Waals surface area contributed by atoms with Crippen molar-refractivity contribution >= 4 is 11.5 Å². The summed E-state index contributed by atoms with van der Waals surface area (Å²) in [5.41, 5.74) is 11.8. The number of fused-ring (bicyclic) bond motifs is 2. The first-order valence-electron chi connectivity index (χ1n) is 10.5. The number of nitrogens with two attached hydrogens (primary N) is 1. The van der Waals surface area contributed by atoms with Crippen molar-refractivity contribution < 1.29 is 4.74 Å². The van der Waals surface area contributed by atoms with Crippen LogP contribution in [0.4, 0.5) is 5.82 Å². The predicted octanol–water partition coefficient (Wildman–Crippen LogP) is 3.24. The highest BCUT2D eigenvalue weighted by Gasteiger charge is 2.19. The Labute approximate surface area is 171 Å². The van der Waals surface area contributed by atoms with Crippen LogP contribution in [0.1, 0.15) is 56.0 Å². The molecule has 154 valence electrons. The number of ether oxygens (including phenoxy) is 1. The van der Waals surface area contributed by atoms with Gasteiger partial charge in [-0.2, -0.15) is 4.98 Å². The number of hydrogen-bond acceptors (Lipinski definition) is 6. The molecule has 0 unspecified atom stereocenters. The molecule has 0 bridgehead atoms. The molecule has 0 radical (unpaired) electrons. The van der Waals surface area contributed by atoms with Crippen molar-refractivity contribution in [3.63, 3.8) is 0 Å². The van der Waals surface area contributed by atoms with Crippen molar-refractivity contribution in [2.75, 3.05) is 18.9 Å². The Bertz CT molecular complexity index is 996. The molecule has 0 fully saturated rings. The third kappa shape index (κ3) is 4.19.